The van der Waals surface area contributed by atoms with Crippen LogP contribution in [0.4, 0.5) is 17.1 Å². The van der Waals surface area contributed by atoms with Gasteiger partial charge in [-0.15, -0.1) is 11.6 Å². The van der Waals surface area contributed by atoms with E-state index in [4.69, 9.17) is 28.9 Å². The fourth-order valence-electron chi connectivity index (χ4n) is 2.06. The molecule has 1 aliphatic heterocycles. The molecule has 1 heterocycles. The Morgan fingerprint density at radius 2 is 2.21 bits per heavy atom. The number of carbonyl (C=O) groups excluding carboxylic acids is 1. The number of nitrogen functional groups attached to an aromatic ring is 1. The number of amides is 1. The summed E-state index contributed by atoms with van der Waals surface area (Å²) in [7, 11) is 0. The Balaban J connectivity index is 2.39. The number of nitro benzene ring substituents is 1. The van der Waals surface area contributed by atoms with Crippen molar-refractivity contribution in [3.63, 3.8) is 0 Å². The smallest absolute Gasteiger partial charge is 0.290 e. The van der Waals surface area contributed by atoms with E-state index in [2.05, 4.69) is 0 Å². The van der Waals surface area contributed by atoms with Crippen molar-refractivity contribution < 1.29 is 9.72 Å². The Labute approximate surface area is 119 Å². The lowest BCUT2D eigenvalue weighted by atomic mass is 10.1. The van der Waals surface area contributed by atoms with Crippen LogP contribution in [0.1, 0.15) is 6.42 Å². The number of nitrogens with two attached hydrogens (primary N) is 1. The van der Waals surface area contributed by atoms with Gasteiger partial charge in [0.05, 0.1) is 16.3 Å². The topological polar surface area (TPSA) is 89.5 Å². The second kappa shape index (κ2) is 5.22. The Kier molecular flexibility index (Phi) is 3.82. The Hall–Kier alpha value is -1.53. The molecule has 2 rings (SSSR count). The van der Waals surface area contributed by atoms with Gasteiger partial charge in [0.1, 0.15) is 5.02 Å². The van der Waals surface area contributed by atoms with Gasteiger partial charge in [-0.3, -0.25) is 14.9 Å². The highest BCUT2D eigenvalue weighted by Crippen LogP contribution is 2.37. The van der Waals surface area contributed by atoms with Crippen LogP contribution in [0.5, 0.6) is 0 Å². The zero-order valence-electron chi connectivity index (χ0n) is 9.81. The number of anilines is 2. The molecule has 0 radical (unpaired) electrons. The third-order valence-corrected chi connectivity index (χ3v) is 3.75. The normalized spacial score (nSPS) is 18.9. The van der Waals surface area contributed by atoms with Crippen molar-refractivity contribution >= 4 is 46.2 Å². The number of halogens is 2. The summed E-state index contributed by atoms with van der Waals surface area (Å²) in [6.07, 6.45) is 0.345. The lowest BCUT2D eigenvalue weighted by molar-refractivity contribution is -0.384. The lowest BCUT2D eigenvalue weighted by Gasteiger charge is -2.18. The van der Waals surface area contributed by atoms with Gasteiger partial charge in [-0.05, 0) is 12.0 Å². The fraction of sp³-hybridized carbons (Fsp3) is 0.364. The standard InChI is InChI=1S/C11H11Cl2N3O3/c12-4-6-1-11(17)15(5-6)10-2-7(13)9(16(18)19)3-8(10)14/h2-3,6H,1,4-5,14H2. The average molecular weight is 304 g/mol. The van der Waals surface area contributed by atoms with Crippen LogP contribution < -0.4 is 10.6 Å². The van der Waals surface area contributed by atoms with E-state index in [9.17, 15) is 14.9 Å². The first-order chi connectivity index (χ1) is 8.93. The molecule has 19 heavy (non-hydrogen) atoms. The molecule has 6 nitrogen and oxygen atoms in total. The van der Waals surface area contributed by atoms with Gasteiger partial charge in [0.25, 0.3) is 5.69 Å². The molecule has 0 aromatic heterocycles. The zero-order valence-corrected chi connectivity index (χ0v) is 11.3. The molecule has 1 fully saturated rings. The second-order valence-electron chi connectivity index (χ2n) is 4.35. The third-order valence-electron chi connectivity index (χ3n) is 3.01. The van der Waals surface area contributed by atoms with E-state index < -0.39 is 4.92 Å². The van der Waals surface area contributed by atoms with E-state index in [1.54, 1.807) is 0 Å². The maximum atomic E-state index is 11.9. The molecule has 102 valence electrons. The summed E-state index contributed by atoms with van der Waals surface area (Å²) in [6, 6.07) is 2.52. The molecule has 1 unspecified atom stereocenters. The van der Waals surface area contributed by atoms with Crippen LogP contribution in [0.15, 0.2) is 12.1 Å². The third kappa shape index (κ3) is 2.59. The quantitative estimate of drug-likeness (QED) is 0.402. The van der Waals surface area contributed by atoms with Crippen LogP contribution in [0.25, 0.3) is 0 Å². The van der Waals surface area contributed by atoms with Crippen LogP contribution in [0.3, 0.4) is 0 Å². The van der Waals surface area contributed by atoms with E-state index in [0.29, 0.717) is 24.5 Å². The highest BCUT2D eigenvalue weighted by Gasteiger charge is 2.32. The Bertz CT molecular complexity index is 550. The number of rotatable bonds is 3. The van der Waals surface area contributed by atoms with Gasteiger partial charge in [-0.2, -0.15) is 0 Å². The summed E-state index contributed by atoms with van der Waals surface area (Å²) in [4.78, 5) is 23.5. The van der Waals surface area contributed by atoms with E-state index in [0.717, 1.165) is 0 Å². The van der Waals surface area contributed by atoms with E-state index in [1.165, 1.54) is 17.0 Å². The largest absolute Gasteiger partial charge is 0.397 e. The Morgan fingerprint density at radius 1 is 1.53 bits per heavy atom. The van der Waals surface area contributed by atoms with Crippen LogP contribution in [-0.4, -0.2) is 23.3 Å². The van der Waals surface area contributed by atoms with Gasteiger partial charge >= 0.3 is 0 Å². The number of nitrogens with zero attached hydrogens (tertiary/aromatic N) is 2. The summed E-state index contributed by atoms with van der Waals surface area (Å²) in [5, 5.41) is 10.7. The number of carbonyl (C=O) groups is 1. The van der Waals surface area contributed by atoms with E-state index in [1.807, 2.05) is 0 Å². The molecule has 2 N–H and O–H groups in total. The number of nitro groups is 1. The molecule has 0 saturated carbocycles. The van der Waals surface area contributed by atoms with Gasteiger partial charge in [-0.1, -0.05) is 11.6 Å². The molecule has 8 heteroatoms. The predicted molar refractivity (Wildman–Crippen MR) is 73.7 cm³/mol. The first-order valence-electron chi connectivity index (χ1n) is 5.53. The zero-order chi connectivity index (χ0) is 14.2. The van der Waals surface area contributed by atoms with Crippen molar-refractivity contribution in [1.29, 1.82) is 0 Å². The van der Waals surface area contributed by atoms with Gasteiger partial charge in [0, 0.05) is 24.9 Å². The summed E-state index contributed by atoms with van der Waals surface area (Å²) in [6.45, 7) is 0.445. The van der Waals surface area contributed by atoms with Gasteiger partial charge in [0.15, 0.2) is 0 Å². The maximum absolute atomic E-state index is 11.9. The highest BCUT2D eigenvalue weighted by atomic mass is 35.5. The average Bonchev–Trinajstić information content (AvgIpc) is 2.72. The van der Waals surface area contributed by atoms with Crippen LogP contribution in [0.2, 0.25) is 5.02 Å². The fourth-order valence-corrected chi connectivity index (χ4v) is 2.49. The van der Waals surface area contributed by atoms with Gasteiger partial charge in [-0.25, -0.2) is 0 Å². The molecule has 0 aliphatic carbocycles. The molecule has 1 atom stereocenters. The molecule has 1 aliphatic rings. The minimum absolute atomic E-state index is 0.0451. The van der Waals surface area contributed by atoms with E-state index >= 15 is 0 Å². The summed E-state index contributed by atoms with van der Waals surface area (Å²) in [5.74, 6) is 0.327. The predicted octanol–water partition coefficient (Wildman–Crippen LogP) is 2.42. The number of alkyl halides is 1. The van der Waals surface area contributed by atoms with Crippen LogP contribution in [0, 0.1) is 16.0 Å². The van der Waals surface area contributed by atoms with Crippen molar-refractivity contribution in [2.45, 2.75) is 6.42 Å². The first kappa shape index (κ1) is 13.9. The summed E-state index contributed by atoms with van der Waals surface area (Å²) < 4.78 is 0. The highest BCUT2D eigenvalue weighted by molar-refractivity contribution is 6.33. The van der Waals surface area contributed by atoms with Crippen LogP contribution in [-0.2, 0) is 4.79 Å². The SMILES string of the molecule is Nc1cc([N+](=O)[O-])c(Cl)cc1N1CC(CCl)CC1=O. The first-order valence-corrected chi connectivity index (χ1v) is 6.45. The number of benzene rings is 1. The summed E-state index contributed by atoms with van der Waals surface area (Å²) in [5.41, 5.74) is 6.04. The van der Waals surface area contributed by atoms with Gasteiger partial charge in [0.2, 0.25) is 5.91 Å². The van der Waals surface area contributed by atoms with Crippen molar-refractivity contribution in [2.75, 3.05) is 23.1 Å². The van der Waals surface area contributed by atoms with Crippen molar-refractivity contribution in [2.24, 2.45) is 5.92 Å². The molecule has 1 aromatic carbocycles. The molecule has 0 spiro atoms. The molecule has 1 aromatic rings. The van der Waals surface area contributed by atoms with Crippen molar-refractivity contribution in [3.05, 3.63) is 27.3 Å². The minimum Gasteiger partial charge on any atom is -0.397 e. The Morgan fingerprint density at radius 3 is 2.74 bits per heavy atom. The number of hydrogen-bond acceptors (Lipinski definition) is 4. The minimum atomic E-state index is -0.615. The monoisotopic (exact) mass is 303 g/mol. The molecule has 0 bridgehead atoms. The lowest BCUT2D eigenvalue weighted by Crippen LogP contribution is -2.25. The molecule has 1 saturated heterocycles. The van der Waals surface area contributed by atoms with Crippen LogP contribution >= 0.6 is 23.2 Å². The molecular weight excluding hydrogens is 293 g/mol. The van der Waals surface area contributed by atoms with E-state index in [-0.39, 0.29) is 28.2 Å². The molecule has 1 amide bonds. The summed E-state index contributed by atoms with van der Waals surface area (Å²) >= 11 is 11.6. The number of hydrogen-bond donors (Lipinski definition) is 1. The molecular formula is C11H11Cl2N3O3. The second-order valence-corrected chi connectivity index (χ2v) is 5.06. The van der Waals surface area contributed by atoms with Crippen molar-refractivity contribution in [3.8, 4) is 0 Å². The maximum Gasteiger partial charge on any atom is 0.290 e. The van der Waals surface area contributed by atoms with Crippen molar-refractivity contribution in [1.82, 2.24) is 0 Å². The van der Waals surface area contributed by atoms with Gasteiger partial charge < -0.3 is 10.6 Å².